The van der Waals surface area contributed by atoms with E-state index in [2.05, 4.69) is 5.32 Å². The molecule has 1 aromatic rings. The Morgan fingerprint density at radius 3 is 2.68 bits per heavy atom. The van der Waals surface area contributed by atoms with Crippen LogP contribution in [0.5, 0.6) is 0 Å². The third-order valence-corrected chi connectivity index (χ3v) is 2.26. The van der Waals surface area contributed by atoms with E-state index in [0.29, 0.717) is 5.02 Å². The van der Waals surface area contributed by atoms with Crippen molar-refractivity contribution in [1.82, 2.24) is 5.32 Å². The van der Waals surface area contributed by atoms with E-state index >= 15 is 0 Å². The molecular weight excluding hydrogens is 283 g/mol. The number of amides is 1. The lowest BCUT2D eigenvalue weighted by Gasteiger charge is -2.10. The minimum Gasteiger partial charge on any atom is -0.375 e. The zero-order valence-electron chi connectivity index (χ0n) is 9.51. The summed E-state index contributed by atoms with van der Waals surface area (Å²) in [6.45, 7) is -1.78. The van der Waals surface area contributed by atoms with Crippen LogP contribution in [0.25, 0.3) is 0 Å². The van der Waals surface area contributed by atoms with Gasteiger partial charge in [0.1, 0.15) is 12.6 Å². The second-order valence-corrected chi connectivity index (χ2v) is 3.98. The van der Waals surface area contributed by atoms with Crippen LogP contribution in [0.4, 0.5) is 18.9 Å². The summed E-state index contributed by atoms with van der Waals surface area (Å²) in [7, 11) is 0. The van der Waals surface area contributed by atoms with Crippen LogP contribution in [0.1, 0.15) is 5.56 Å². The molecule has 19 heavy (non-hydrogen) atoms. The van der Waals surface area contributed by atoms with Crippen molar-refractivity contribution in [1.29, 1.82) is 5.26 Å². The van der Waals surface area contributed by atoms with Gasteiger partial charge in [0.05, 0.1) is 17.8 Å². The van der Waals surface area contributed by atoms with Gasteiger partial charge in [-0.05, 0) is 18.2 Å². The van der Waals surface area contributed by atoms with Crippen LogP contribution in [0, 0.1) is 11.3 Å². The Hall–Kier alpha value is -1.94. The number of rotatable bonds is 4. The first-order valence-electron chi connectivity index (χ1n) is 5.09. The fourth-order valence-electron chi connectivity index (χ4n) is 1.20. The van der Waals surface area contributed by atoms with Crippen LogP contribution in [-0.4, -0.2) is 25.2 Å². The molecule has 1 rings (SSSR count). The van der Waals surface area contributed by atoms with E-state index in [1.54, 1.807) is 5.32 Å². The molecule has 0 saturated heterocycles. The van der Waals surface area contributed by atoms with Gasteiger partial charge < -0.3 is 10.6 Å². The van der Waals surface area contributed by atoms with E-state index in [4.69, 9.17) is 16.9 Å². The monoisotopic (exact) mass is 291 g/mol. The number of alkyl halides is 3. The van der Waals surface area contributed by atoms with Crippen molar-refractivity contribution in [2.75, 3.05) is 18.4 Å². The Morgan fingerprint density at radius 2 is 2.11 bits per heavy atom. The first-order chi connectivity index (χ1) is 8.81. The summed E-state index contributed by atoms with van der Waals surface area (Å²) < 4.78 is 35.6. The highest BCUT2D eigenvalue weighted by molar-refractivity contribution is 6.30. The van der Waals surface area contributed by atoms with E-state index in [9.17, 15) is 18.0 Å². The van der Waals surface area contributed by atoms with Gasteiger partial charge in [0.15, 0.2) is 0 Å². The van der Waals surface area contributed by atoms with Crippen molar-refractivity contribution in [2.45, 2.75) is 6.18 Å². The molecule has 0 fully saturated rings. The molecule has 0 bridgehead atoms. The number of benzene rings is 1. The number of nitrogens with one attached hydrogen (secondary N) is 2. The highest BCUT2D eigenvalue weighted by Gasteiger charge is 2.27. The minimum absolute atomic E-state index is 0.244. The predicted molar refractivity (Wildman–Crippen MR) is 63.7 cm³/mol. The molecule has 2 N–H and O–H groups in total. The largest absolute Gasteiger partial charge is 0.405 e. The van der Waals surface area contributed by atoms with Gasteiger partial charge in [0.25, 0.3) is 0 Å². The van der Waals surface area contributed by atoms with Gasteiger partial charge in [0, 0.05) is 5.02 Å². The maximum atomic E-state index is 11.9. The lowest BCUT2D eigenvalue weighted by Crippen LogP contribution is -2.37. The van der Waals surface area contributed by atoms with E-state index in [1.807, 2.05) is 6.07 Å². The third kappa shape index (κ3) is 5.48. The van der Waals surface area contributed by atoms with Gasteiger partial charge in [-0.1, -0.05) is 11.6 Å². The summed E-state index contributed by atoms with van der Waals surface area (Å²) in [5, 5.41) is 13.4. The molecule has 0 atom stereocenters. The number of hydrogen-bond donors (Lipinski definition) is 2. The van der Waals surface area contributed by atoms with Gasteiger partial charge in [0.2, 0.25) is 5.91 Å². The highest BCUT2D eigenvalue weighted by atomic mass is 35.5. The van der Waals surface area contributed by atoms with Crippen molar-refractivity contribution in [3.05, 3.63) is 28.8 Å². The average molecular weight is 292 g/mol. The standard InChI is InChI=1S/C11H9ClF3N3O/c12-8-2-1-7(4-16)9(3-8)17-5-10(19)18-6-11(13,14)15/h1-3,17H,5-6H2,(H,18,19). The molecular formula is C11H9ClF3N3O. The molecule has 8 heteroatoms. The number of anilines is 1. The molecule has 1 aromatic carbocycles. The SMILES string of the molecule is N#Cc1ccc(Cl)cc1NCC(=O)NCC(F)(F)F. The second-order valence-electron chi connectivity index (χ2n) is 3.55. The van der Waals surface area contributed by atoms with Crippen LogP contribution in [0.3, 0.4) is 0 Å². The highest BCUT2D eigenvalue weighted by Crippen LogP contribution is 2.20. The second kappa shape index (κ2) is 6.29. The van der Waals surface area contributed by atoms with E-state index in [0.717, 1.165) is 0 Å². The van der Waals surface area contributed by atoms with Crippen LogP contribution in [0.2, 0.25) is 5.02 Å². The molecule has 0 unspecified atom stereocenters. The van der Waals surface area contributed by atoms with Gasteiger partial charge >= 0.3 is 6.18 Å². The van der Waals surface area contributed by atoms with E-state index < -0.39 is 18.6 Å². The van der Waals surface area contributed by atoms with Crippen molar-refractivity contribution in [3.8, 4) is 6.07 Å². The summed E-state index contributed by atoms with van der Waals surface area (Å²) in [6, 6.07) is 6.22. The first kappa shape index (κ1) is 15.1. The minimum atomic E-state index is -4.45. The number of hydrogen-bond acceptors (Lipinski definition) is 3. The van der Waals surface area contributed by atoms with Crippen LogP contribution < -0.4 is 10.6 Å². The summed E-state index contributed by atoms with van der Waals surface area (Å²) in [4.78, 5) is 11.2. The van der Waals surface area contributed by atoms with Gasteiger partial charge in [-0.2, -0.15) is 18.4 Å². The molecule has 0 saturated carbocycles. The molecule has 0 radical (unpaired) electrons. The smallest absolute Gasteiger partial charge is 0.375 e. The number of nitriles is 1. The molecule has 1 amide bonds. The van der Waals surface area contributed by atoms with Crippen molar-refractivity contribution >= 4 is 23.2 Å². The molecule has 0 aromatic heterocycles. The van der Waals surface area contributed by atoms with Gasteiger partial charge in [-0.15, -0.1) is 0 Å². The molecule has 102 valence electrons. The van der Waals surface area contributed by atoms with Crippen molar-refractivity contribution in [3.63, 3.8) is 0 Å². The van der Waals surface area contributed by atoms with E-state index in [1.165, 1.54) is 18.2 Å². The Balaban J connectivity index is 2.55. The van der Waals surface area contributed by atoms with Crippen molar-refractivity contribution in [2.24, 2.45) is 0 Å². The van der Waals surface area contributed by atoms with E-state index in [-0.39, 0.29) is 17.8 Å². The maximum Gasteiger partial charge on any atom is 0.405 e. The molecule has 0 spiro atoms. The number of carbonyl (C=O) groups excluding carboxylic acids is 1. The molecule has 0 aliphatic rings. The summed E-state index contributed by atoms with van der Waals surface area (Å²) >= 11 is 5.71. The van der Waals surface area contributed by atoms with Gasteiger partial charge in [-0.25, -0.2) is 0 Å². The lowest BCUT2D eigenvalue weighted by atomic mass is 10.2. The first-order valence-corrected chi connectivity index (χ1v) is 5.46. The fraction of sp³-hybridized carbons (Fsp3) is 0.273. The summed E-state index contributed by atoms with van der Waals surface area (Å²) in [6.07, 6.45) is -4.45. The quantitative estimate of drug-likeness (QED) is 0.894. The Labute approximate surface area is 112 Å². The van der Waals surface area contributed by atoms with Crippen LogP contribution in [-0.2, 0) is 4.79 Å². The Morgan fingerprint density at radius 1 is 1.42 bits per heavy atom. The average Bonchev–Trinajstić information content (AvgIpc) is 2.33. The number of nitrogens with zero attached hydrogens (tertiary/aromatic N) is 1. The predicted octanol–water partition coefficient (Wildman–Crippen LogP) is 2.30. The number of halogens is 4. The van der Waals surface area contributed by atoms with Gasteiger partial charge in [-0.3, -0.25) is 4.79 Å². The fourth-order valence-corrected chi connectivity index (χ4v) is 1.37. The summed E-state index contributed by atoms with van der Waals surface area (Å²) in [5.41, 5.74) is 0.533. The maximum absolute atomic E-state index is 11.9. The number of carbonyl (C=O) groups is 1. The van der Waals surface area contributed by atoms with Crippen molar-refractivity contribution < 1.29 is 18.0 Å². The topological polar surface area (TPSA) is 64.9 Å². The summed E-state index contributed by atoms with van der Waals surface area (Å²) in [5.74, 6) is -0.832. The Bertz CT molecular complexity index is 511. The molecule has 0 aliphatic heterocycles. The zero-order valence-corrected chi connectivity index (χ0v) is 10.3. The zero-order chi connectivity index (χ0) is 14.5. The molecule has 0 aliphatic carbocycles. The van der Waals surface area contributed by atoms with Crippen LogP contribution in [0.15, 0.2) is 18.2 Å². The lowest BCUT2D eigenvalue weighted by molar-refractivity contribution is -0.137. The Kier molecular flexibility index (Phi) is 5.01. The van der Waals surface area contributed by atoms with Crippen LogP contribution >= 0.6 is 11.6 Å². The normalized spacial score (nSPS) is 10.7. The molecule has 0 heterocycles. The molecule has 4 nitrogen and oxygen atoms in total. The third-order valence-electron chi connectivity index (χ3n) is 2.03.